The third-order valence-corrected chi connectivity index (χ3v) is 6.28. The Labute approximate surface area is 166 Å². The number of fused-ring (bicyclic) bond motifs is 1. The summed E-state index contributed by atoms with van der Waals surface area (Å²) in [6.45, 7) is 2.78. The second kappa shape index (κ2) is 7.07. The molecule has 0 spiro atoms. The van der Waals surface area contributed by atoms with Crippen LogP contribution in [-0.4, -0.2) is 25.5 Å². The third-order valence-electron chi connectivity index (χ3n) is 3.95. The van der Waals surface area contributed by atoms with Gasteiger partial charge in [-0.3, -0.25) is 4.79 Å². The summed E-state index contributed by atoms with van der Waals surface area (Å²) in [5.74, 6) is -0.126. The zero-order chi connectivity index (χ0) is 19.9. The smallest absolute Gasteiger partial charge is 0.308 e. The number of halogens is 2. The molecule has 0 fully saturated rings. The largest absolute Gasteiger partial charge is 0.495 e. The van der Waals surface area contributed by atoms with E-state index in [1.807, 2.05) is 0 Å². The Morgan fingerprint density at radius 3 is 2.44 bits per heavy atom. The summed E-state index contributed by atoms with van der Waals surface area (Å²) >= 11 is 12.2. The first kappa shape index (κ1) is 19.5. The van der Waals surface area contributed by atoms with Crippen LogP contribution < -0.4 is 9.47 Å². The molecule has 0 unspecified atom stereocenters. The Morgan fingerprint density at radius 2 is 1.85 bits per heavy atom. The van der Waals surface area contributed by atoms with Gasteiger partial charge in [-0.1, -0.05) is 29.3 Å². The predicted octanol–water partition coefficient (Wildman–Crippen LogP) is 4.43. The standard InChI is InChI=1S/C18H15Cl2NO5S/c1-10-18(26-11(2)22)14-8-17(25-3)15(20)9-16(14)21(10)27(23,24)13-6-4-5-12(19)7-13/h4-9H,1-3H3. The van der Waals surface area contributed by atoms with Crippen LogP contribution in [0.1, 0.15) is 12.6 Å². The Kier molecular flexibility index (Phi) is 5.12. The number of esters is 1. The second-order valence-electron chi connectivity index (χ2n) is 5.74. The van der Waals surface area contributed by atoms with Gasteiger partial charge in [0.15, 0.2) is 5.75 Å². The zero-order valence-electron chi connectivity index (χ0n) is 14.6. The van der Waals surface area contributed by atoms with Crippen molar-refractivity contribution in [3.8, 4) is 11.5 Å². The van der Waals surface area contributed by atoms with Gasteiger partial charge in [0.05, 0.1) is 28.2 Å². The first-order valence-electron chi connectivity index (χ1n) is 7.75. The van der Waals surface area contributed by atoms with Crippen LogP contribution in [0.5, 0.6) is 11.5 Å². The highest BCUT2D eigenvalue weighted by Crippen LogP contribution is 2.40. The van der Waals surface area contributed by atoms with Crippen molar-refractivity contribution in [2.24, 2.45) is 0 Å². The predicted molar refractivity (Wildman–Crippen MR) is 104 cm³/mol. The summed E-state index contributed by atoms with van der Waals surface area (Å²) in [5, 5.41) is 0.888. The first-order chi connectivity index (χ1) is 12.7. The van der Waals surface area contributed by atoms with Gasteiger partial charge in [0, 0.05) is 17.3 Å². The van der Waals surface area contributed by atoms with Gasteiger partial charge < -0.3 is 9.47 Å². The molecular weight excluding hydrogens is 413 g/mol. The minimum Gasteiger partial charge on any atom is -0.495 e. The van der Waals surface area contributed by atoms with Crippen molar-refractivity contribution < 1.29 is 22.7 Å². The van der Waals surface area contributed by atoms with Crippen molar-refractivity contribution >= 4 is 50.1 Å². The zero-order valence-corrected chi connectivity index (χ0v) is 16.9. The van der Waals surface area contributed by atoms with E-state index in [0.717, 1.165) is 3.97 Å². The monoisotopic (exact) mass is 427 g/mol. The van der Waals surface area contributed by atoms with E-state index >= 15 is 0 Å². The second-order valence-corrected chi connectivity index (χ2v) is 8.37. The van der Waals surface area contributed by atoms with Crippen LogP contribution in [0, 0.1) is 6.92 Å². The highest BCUT2D eigenvalue weighted by Gasteiger charge is 2.27. The molecule has 0 amide bonds. The maximum Gasteiger partial charge on any atom is 0.308 e. The van der Waals surface area contributed by atoms with E-state index in [-0.39, 0.29) is 31.9 Å². The molecule has 0 saturated carbocycles. The quantitative estimate of drug-likeness (QED) is 0.575. The lowest BCUT2D eigenvalue weighted by Crippen LogP contribution is -2.14. The van der Waals surface area contributed by atoms with Crippen LogP contribution in [0.2, 0.25) is 10.0 Å². The number of hydrogen-bond acceptors (Lipinski definition) is 5. The van der Waals surface area contributed by atoms with Gasteiger partial charge in [-0.25, -0.2) is 12.4 Å². The highest BCUT2D eigenvalue weighted by molar-refractivity contribution is 7.90. The number of carbonyl (C=O) groups excluding carboxylic acids is 1. The molecule has 0 N–H and O–H groups in total. The number of carbonyl (C=O) groups is 1. The molecule has 0 bridgehead atoms. The molecule has 1 aromatic heterocycles. The van der Waals surface area contributed by atoms with E-state index in [2.05, 4.69) is 0 Å². The fourth-order valence-electron chi connectivity index (χ4n) is 2.83. The van der Waals surface area contributed by atoms with E-state index in [1.54, 1.807) is 19.1 Å². The molecule has 6 nitrogen and oxygen atoms in total. The van der Waals surface area contributed by atoms with Crippen molar-refractivity contribution in [2.75, 3.05) is 7.11 Å². The molecular formula is C18H15Cl2NO5S. The molecule has 0 aliphatic heterocycles. The molecule has 0 radical (unpaired) electrons. The summed E-state index contributed by atoms with van der Waals surface area (Å²) in [6, 6.07) is 8.89. The van der Waals surface area contributed by atoms with Gasteiger partial charge in [0.1, 0.15) is 5.75 Å². The lowest BCUT2D eigenvalue weighted by molar-refractivity contribution is -0.131. The maximum absolute atomic E-state index is 13.3. The molecule has 3 aromatic rings. The summed E-state index contributed by atoms with van der Waals surface area (Å²) in [7, 11) is -2.59. The van der Waals surface area contributed by atoms with Gasteiger partial charge in [-0.05, 0) is 37.3 Å². The van der Waals surface area contributed by atoms with Crippen molar-refractivity contribution in [3.05, 3.63) is 52.1 Å². The molecule has 27 heavy (non-hydrogen) atoms. The molecule has 3 rings (SSSR count). The van der Waals surface area contributed by atoms with Crippen LogP contribution in [0.15, 0.2) is 41.3 Å². The van der Waals surface area contributed by atoms with Gasteiger partial charge in [0.25, 0.3) is 10.0 Å². The van der Waals surface area contributed by atoms with Crippen LogP contribution in [0.25, 0.3) is 10.9 Å². The van der Waals surface area contributed by atoms with E-state index in [1.165, 1.54) is 38.3 Å². The van der Waals surface area contributed by atoms with Crippen LogP contribution in [0.4, 0.5) is 0 Å². The maximum atomic E-state index is 13.3. The molecule has 0 aliphatic carbocycles. The number of benzene rings is 2. The Bertz CT molecular complexity index is 1170. The first-order valence-corrected chi connectivity index (χ1v) is 9.94. The Balaban J connectivity index is 2.40. The lowest BCUT2D eigenvalue weighted by Gasteiger charge is -2.11. The molecule has 2 aromatic carbocycles. The summed E-state index contributed by atoms with van der Waals surface area (Å²) in [6.07, 6.45) is 0. The minimum atomic E-state index is -4.03. The molecule has 0 saturated heterocycles. The summed E-state index contributed by atoms with van der Waals surface area (Å²) in [4.78, 5) is 11.5. The van der Waals surface area contributed by atoms with Crippen LogP contribution in [-0.2, 0) is 14.8 Å². The number of methoxy groups -OCH3 is 1. The lowest BCUT2D eigenvalue weighted by atomic mass is 10.2. The number of rotatable bonds is 4. The molecule has 1 heterocycles. The summed E-state index contributed by atoms with van der Waals surface area (Å²) < 4.78 is 38.1. The molecule has 142 valence electrons. The normalized spacial score (nSPS) is 11.6. The topological polar surface area (TPSA) is 74.6 Å². The van der Waals surface area contributed by atoms with Gasteiger partial charge in [-0.2, -0.15) is 0 Å². The van der Waals surface area contributed by atoms with E-state index in [0.29, 0.717) is 11.1 Å². The highest BCUT2D eigenvalue weighted by atomic mass is 35.5. The Morgan fingerprint density at radius 1 is 1.15 bits per heavy atom. The van der Waals surface area contributed by atoms with Crippen molar-refractivity contribution in [1.82, 2.24) is 3.97 Å². The van der Waals surface area contributed by atoms with Crippen LogP contribution >= 0.6 is 23.2 Å². The van der Waals surface area contributed by atoms with Gasteiger partial charge in [-0.15, -0.1) is 0 Å². The molecule has 0 atom stereocenters. The van der Waals surface area contributed by atoms with E-state index < -0.39 is 16.0 Å². The summed E-state index contributed by atoms with van der Waals surface area (Å²) in [5.41, 5.74) is 0.485. The number of nitrogens with zero attached hydrogens (tertiary/aromatic N) is 1. The number of aromatic nitrogens is 1. The average molecular weight is 428 g/mol. The SMILES string of the molecule is COc1cc2c(OC(C)=O)c(C)n(S(=O)(=O)c3cccc(Cl)c3)c2cc1Cl. The van der Waals surface area contributed by atoms with Crippen molar-refractivity contribution in [2.45, 2.75) is 18.7 Å². The molecule has 9 heteroatoms. The van der Waals surface area contributed by atoms with Gasteiger partial charge >= 0.3 is 5.97 Å². The fourth-order valence-corrected chi connectivity index (χ4v) is 4.91. The fraction of sp³-hybridized carbons (Fsp3) is 0.167. The van der Waals surface area contributed by atoms with E-state index in [9.17, 15) is 13.2 Å². The third kappa shape index (κ3) is 3.38. The number of hydrogen-bond donors (Lipinski definition) is 0. The van der Waals surface area contributed by atoms with Gasteiger partial charge in [0.2, 0.25) is 0 Å². The molecule has 0 aliphatic rings. The Hall–Kier alpha value is -2.22. The van der Waals surface area contributed by atoms with Crippen LogP contribution in [0.3, 0.4) is 0 Å². The minimum absolute atomic E-state index is 0.00341. The average Bonchev–Trinajstić information content (AvgIpc) is 2.85. The van der Waals surface area contributed by atoms with Crippen molar-refractivity contribution in [3.63, 3.8) is 0 Å². The van der Waals surface area contributed by atoms with Crippen molar-refractivity contribution in [1.29, 1.82) is 0 Å². The van der Waals surface area contributed by atoms with E-state index in [4.69, 9.17) is 32.7 Å². The number of ether oxygens (including phenoxy) is 2.